The van der Waals surface area contributed by atoms with Crippen LogP contribution in [-0.2, 0) is 10.2 Å². The Labute approximate surface area is 121 Å². The Balaban J connectivity index is 2.19. The maximum Gasteiger partial charge on any atom is 0.234 e. The molecule has 1 fully saturated rings. The molecule has 114 valence electrons. The van der Waals surface area contributed by atoms with Gasteiger partial charge in [-0.2, -0.15) is 4.98 Å². The minimum absolute atomic E-state index is 0.0166. The quantitative estimate of drug-likeness (QED) is 0.832. The number of rotatable bonds is 7. The Bertz CT molecular complexity index is 394. The minimum atomic E-state index is -0.0484. The molecule has 2 atom stereocenters. The molecule has 5 heteroatoms. The summed E-state index contributed by atoms with van der Waals surface area (Å²) in [6.45, 7) is 8.98. The average molecular weight is 281 g/mol. The fourth-order valence-corrected chi connectivity index (χ4v) is 3.11. The van der Waals surface area contributed by atoms with Crippen LogP contribution in [0.15, 0.2) is 4.52 Å². The van der Waals surface area contributed by atoms with Crippen LogP contribution >= 0.6 is 0 Å². The van der Waals surface area contributed by atoms with Gasteiger partial charge in [-0.25, -0.2) is 0 Å². The Kier molecular flexibility index (Phi) is 5.54. The Morgan fingerprint density at radius 1 is 1.40 bits per heavy atom. The van der Waals surface area contributed by atoms with Gasteiger partial charge in [0.1, 0.15) is 6.10 Å². The zero-order valence-corrected chi connectivity index (χ0v) is 12.9. The van der Waals surface area contributed by atoms with Gasteiger partial charge in [0.15, 0.2) is 0 Å². The van der Waals surface area contributed by atoms with Crippen molar-refractivity contribution < 1.29 is 9.26 Å². The first-order chi connectivity index (χ1) is 9.75. The van der Waals surface area contributed by atoms with E-state index in [-0.39, 0.29) is 11.5 Å². The third kappa shape index (κ3) is 3.20. The largest absolute Gasteiger partial charge is 0.370 e. The van der Waals surface area contributed by atoms with Gasteiger partial charge >= 0.3 is 0 Å². The van der Waals surface area contributed by atoms with E-state index >= 15 is 0 Å². The summed E-state index contributed by atoms with van der Waals surface area (Å²) < 4.78 is 11.3. The molecule has 0 radical (unpaired) electrons. The summed E-state index contributed by atoms with van der Waals surface area (Å²) in [5.74, 6) is 1.49. The third-order valence-electron chi connectivity index (χ3n) is 4.12. The molecule has 0 aromatic carbocycles. The lowest BCUT2D eigenvalue weighted by molar-refractivity contribution is 0.0518. The van der Waals surface area contributed by atoms with Crippen LogP contribution in [0.1, 0.15) is 70.7 Å². The first-order valence-electron chi connectivity index (χ1n) is 7.92. The fraction of sp³-hybridized carbons (Fsp3) is 0.867. The number of nitrogens with one attached hydrogen (secondary N) is 1. The highest BCUT2D eigenvalue weighted by Gasteiger charge is 2.39. The van der Waals surface area contributed by atoms with E-state index in [1.807, 2.05) is 6.92 Å². The Morgan fingerprint density at radius 2 is 2.25 bits per heavy atom. The van der Waals surface area contributed by atoms with Crippen molar-refractivity contribution in [2.45, 2.75) is 64.4 Å². The van der Waals surface area contributed by atoms with Gasteiger partial charge in [0.05, 0.1) is 5.41 Å². The van der Waals surface area contributed by atoms with Crippen molar-refractivity contribution >= 4 is 0 Å². The van der Waals surface area contributed by atoms with Gasteiger partial charge in [0, 0.05) is 13.2 Å². The van der Waals surface area contributed by atoms with Crippen molar-refractivity contribution in [2.75, 3.05) is 19.7 Å². The second kappa shape index (κ2) is 7.18. The summed E-state index contributed by atoms with van der Waals surface area (Å²) in [6, 6.07) is 0. The highest BCUT2D eigenvalue weighted by atomic mass is 16.5. The van der Waals surface area contributed by atoms with Crippen LogP contribution in [0.25, 0.3) is 0 Å². The molecule has 2 heterocycles. The van der Waals surface area contributed by atoms with Gasteiger partial charge < -0.3 is 14.6 Å². The van der Waals surface area contributed by atoms with Crippen LogP contribution < -0.4 is 5.32 Å². The monoisotopic (exact) mass is 281 g/mol. The standard InChI is InChI=1S/C15H27N3O2/c1-4-8-15(9-7-10-16-11-15)14-17-13(18-20-14)12(5-2)19-6-3/h12,16H,4-11H2,1-3H3. The molecule has 0 amide bonds. The summed E-state index contributed by atoms with van der Waals surface area (Å²) >= 11 is 0. The van der Waals surface area contributed by atoms with E-state index in [4.69, 9.17) is 9.26 Å². The highest BCUT2D eigenvalue weighted by Crippen LogP contribution is 2.35. The highest BCUT2D eigenvalue weighted by molar-refractivity contribution is 5.09. The Morgan fingerprint density at radius 3 is 2.85 bits per heavy atom. The van der Waals surface area contributed by atoms with E-state index in [1.165, 1.54) is 6.42 Å². The zero-order valence-electron chi connectivity index (χ0n) is 12.9. The lowest BCUT2D eigenvalue weighted by Gasteiger charge is -2.34. The van der Waals surface area contributed by atoms with Crippen LogP contribution in [0, 0.1) is 0 Å². The zero-order chi connectivity index (χ0) is 14.4. The van der Waals surface area contributed by atoms with Crippen molar-refractivity contribution in [3.63, 3.8) is 0 Å². The molecule has 1 aromatic heterocycles. The van der Waals surface area contributed by atoms with E-state index in [2.05, 4.69) is 29.3 Å². The van der Waals surface area contributed by atoms with Crippen molar-refractivity contribution in [3.8, 4) is 0 Å². The minimum Gasteiger partial charge on any atom is -0.370 e. The molecule has 1 aromatic rings. The molecule has 1 saturated heterocycles. The average Bonchev–Trinajstić information content (AvgIpc) is 2.96. The predicted octanol–water partition coefficient (Wildman–Crippen LogP) is 2.98. The van der Waals surface area contributed by atoms with E-state index in [9.17, 15) is 0 Å². The summed E-state index contributed by atoms with van der Waals surface area (Å²) in [4.78, 5) is 4.67. The second-order valence-corrected chi connectivity index (χ2v) is 5.62. The number of hydrogen-bond acceptors (Lipinski definition) is 5. The van der Waals surface area contributed by atoms with Gasteiger partial charge in [0.25, 0.3) is 0 Å². The van der Waals surface area contributed by atoms with Crippen LogP contribution in [-0.4, -0.2) is 29.8 Å². The number of ether oxygens (including phenoxy) is 1. The van der Waals surface area contributed by atoms with Crippen molar-refractivity contribution in [1.29, 1.82) is 0 Å². The molecule has 1 aliphatic rings. The third-order valence-corrected chi connectivity index (χ3v) is 4.12. The normalized spacial score (nSPS) is 24.8. The van der Waals surface area contributed by atoms with E-state index in [1.54, 1.807) is 0 Å². The van der Waals surface area contributed by atoms with E-state index < -0.39 is 0 Å². The maximum atomic E-state index is 5.67. The van der Waals surface area contributed by atoms with Crippen molar-refractivity contribution in [1.82, 2.24) is 15.5 Å². The van der Waals surface area contributed by atoms with Gasteiger partial charge in [-0.3, -0.25) is 0 Å². The number of aromatic nitrogens is 2. The number of piperidine rings is 1. The van der Waals surface area contributed by atoms with Crippen molar-refractivity contribution in [3.05, 3.63) is 11.7 Å². The molecule has 1 N–H and O–H groups in total. The number of hydrogen-bond donors (Lipinski definition) is 1. The van der Waals surface area contributed by atoms with Gasteiger partial charge in [-0.15, -0.1) is 0 Å². The molecule has 5 nitrogen and oxygen atoms in total. The summed E-state index contributed by atoms with van der Waals surface area (Å²) in [6.07, 6.45) is 5.33. The smallest absolute Gasteiger partial charge is 0.234 e. The van der Waals surface area contributed by atoms with Crippen molar-refractivity contribution in [2.24, 2.45) is 0 Å². The molecule has 20 heavy (non-hydrogen) atoms. The van der Waals surface area contributed by atoms with Crippen LogP contribution in [0.5, 0.6) is 0 Å². The summed E-state index contributed by atoms with van der Waals surface area (Å²) in [5.41, 5.74) is 0.0166. The SMILES string of the molecule is CCCC1(c2nc(C(CC)OCC)no2)CCCNC1. The molecule has 1 aliphatic heterocycles. The molecule has 2 unspecified atom stereocenters. The lowest BCUT2D eigenvalue weighted by Crippen LogP contribution is -2.43. The lowest BCUT2D eigenvalue weighted by atomic mass is 9.77. The van der Waals surface area contributed by atoms with Gasteiger partial charge in [-0.05, 0) is 39.2 Å². The summed E-state index contributed by atoms with van der Waals surface area (Å²) in [5, 5.41) is 7.65. The molecule has 0 bridgehead atoms. The topological polar surface area (TPSA) is 60.2 Å². The predicted molar refractivity (Wildman–Crippen MR) is 77.6 cm³/mol. The van der Waals surface area contributed by atoms with Gasteiger partial charge in [0.2, 0.25) is 11.7 Å². The molecule has 2 rings (SSSR count). The maximum absolute atomic E-state index is 5.67. The Hall–Kier alpha value is -0.940. The van der Waals surface area contributed by atoms with E-state index in [0.717, 1.165) is 44.7 Å². The molecule has 0 aliphatic carbocycles. The molecule has 0 spiro atoms. The summed E-state index contributed by atoms with van der Waals surface area (Å²) in [7, 11) is 0. The first-order valence-corrected chi connectivity index (χ1v) is 7.92. The van der Waals surface area contributed by atoms with Crippen LogP contribution in [0.4, 0.5) is 0 Å². The second-order valence-electron chi connectivity index (χ2n) is 5.62. The van der Waals surface area contributed by atoms with Crippen LogP contribution in [0.2, 0.25) is 0 Å². The van der Waals surface area contributed by atoms with Gasteiger partial charge in [-0.1, -0.05) is 25.4 Å². The molecular formula is C15H27N3O2. The van der Waals surface area contributed by atoms with E-state index in [0.29, 0.717) is 12.4 Å². The fourth-order valence-electron chi connectivity index (χ4n) is 3.11. The van der Waals surface area contributed by atoms with Crippen LogP contribution in [0.3, 0.4) is 0 Å². The molecule has 0 saturated carbocycles. The number of nitrogens with zero attached hydrogens (tertiary/aromatic N) is 2. The first kappa shape index (κ1) is 15.4. The molecular weight excluding hydrogens is 254 g/mol.